The van der Waals surface area contributed by atoms with Crippen LogP contribution in [0.25, 0.3) is 0 Å². The second kappa shape index (κ2) is 8.21. The van der Waals surface area contributed by atoms with E-state index in [1.807, 2.05) is 37.3 Å². The van der Waals surface area contributed by atoms with Crippen molar-refractivity contribution in [2.24, 2.45) is 0 Å². The second-order valence-electron chi connectivity index (χ2n) is 5.60. The van der Waals surface area contributed by atoms with E-state index in [2.05, 4.69) is 10.4 Å². The van der Waals surface area contributed by atoms with Crippen molar-refractivity contribution in [2.75, 3.05) is 0 Å². The highest BCUT2D eigenvalue weighted by molar-refractivity contribution is 5.76. The van der Waals surface area contributed by atoms with Gasteiger partial charge in [-0.3, -0.25) is 19.6 Å². The summed E-state index contributed by atoms with van der Waals surface area (Å²) in [5, 5.41) is 27.3. The van der Waals surface area contributed by atoms with Crippen LogP contribution in [-0.2, 0) is 11.3 Å². The van der Waals surface area contributed by atoms with Crippen LogP contribution in [0.15, 0.2) is 42.7 Å². The predicted octanol–water partition coefficient (Wildman–Crippen LogP) is 1.81. The lowest BCUT2D eigenvalue weighted by Crippen LogP contribution is -2.34. The Labute approximate surface area is 139 Å². The molecule has 2 atom stereocenters. The summed E-state index contributed by atoms with van der Waals surface area (Å²) < 4.78 is 1.36. The van der Waals surface area contributed by atoms with Crippen LogP contribution < -0.4 is 5.32 Å². The average molecular weight is 332 g/mol. The van der Waals surface area contributed by atoms with Gasteiger partial charge >= 0.3 is 5.69 Å². The number of nitrogens with zero attached hydrogens (tertiary/aromatic N) is 3. The molecule has 8 heteroatoms. The number of hydrogen-bond donors (Lipinski definition) is 2. The minimum Gasteiger partial charge on any atom is -0.388 e. The Bertz CT molecular complexity index is 686. The van der Waals surface area contributed by atoms with E-state index in [1.54, 1.807) is 0 Å². The smallest absolute Gasteiger partial charge is 0.306 e. The summed E-state index contributed by atoms with van der Waals surface area (Å²) in [5.41, 5.74) is 0.706. The summed E-state index contributed by atoms with van der Waals surface area (Å²) in [5.74, 6) is -0.194. The molecule has 1 aromatic heterocycles. The van der Waals surface area contributed by atoms with Crippen LogP contribution in [0.4, 0.5) is 5.69 Å². The van der Waals surface area contributed by atoms with Gasteiger partial charge in [0.25, 0.3) is 0 Å². The molecule has 1 amide bonds. The summed E-state index contributed by atoms with van der Waals surface area (Å²) in [7, 11) is 0. The molecule has 0 fully saturated rings. The van der Waals surface area contributed by atoms with Gasteiger partial charge in [-0.1, -0.05) is 30.3 Å². The van der Waals surface area contributed by atoms with Gasteiger partial charge in [0.2, 0.25) is 5.91 Å². The zero-order valence-electron chi connectivity index (χ0n) is 13.3. The molecule has 2 aromatic rings. The molecule has 24 heavy (non-hydrogen) atoms. The highest BCUT2D eigenvalue weighted by Crippen LogP contribution is 2.17. The number of rotatable bonds is 8. The number of nitro groups is 1. The van der Waals surface area contributed by atoms with Crippen LogP contribution in [0.2, 0.25) is 0 Å². The number of aryl methyl sites for hydroxylation is 1. The molecule has 2 rings (SSSR count). The molecule has 1 heterocycles. The van der Waals surface area contributed by atoms with Crippen LogP contribution in [0.1, 0.15) is 31.4 Å². The van der Waals surface area contributed by atoms with Gasteiger partial charge in [-0.2, -0.15) is 5.10 Å². The zero-order valence-corrected chi connectivity index (χ0v) is 13.3. The number of hydrogen-bond acceptors (Lipinski definition) is 5. The number of aliphatic hydroxyl groups is 1. The van der Waals surface area contributed by atoms with Crippen molar-refractivity contribution in [1.29, 1.82) is 0 Å². The number of aromatic nitrogens is 2. The van der Waals surface area contributed by atoms with E-state index in [0.29, 0.717) is 6.42 Å². The lowest BCUT2D eigenvalue weighted by Gasteiger charge is -2.18. The van der Waals surface area contributed by atoms with Crippen LogP contribution in [0, 0.1) is 10.1 Å². The Morgan fingerprint density at radius 2 is 2.12 bits per heavy atom. The quantitative estimate of drug-likeness (QED) is 0.566. The molecule has 0 aliphatic heterocycles. The maximum Gasteiger partial charge on any atom is 0.306 e. The molecule has 0 aliphatic carbocycles. The minimum absolute atomic E-state index is 0.102. The molecule has 2 N–H and O–H groups in total. The van der Waals surface area contributed by atoms with Gasteiger partial charge in [0.1, 0.15) is 12.4 Å². The Morgan fingerprint density at radius 1 is 1.42 bits per heavy atom. The third kappa shape index (κ3) is 5.17. The highest BCUT2D eigenvalue weighted by Gasteiger charge is 2.15. The van der Waals surface area contributed by atoms with Crippen molar-refractivity contribution in [3.05, 3.63) is 58.4 Å². The Kier molecular flexibility index (Phi) is 6.02. The summed E-state index contributed by atoms with van der Waals surface area (Å²) >= 11 is 0. The van der Waals surface area contributed by atoms with Crippen LogP contribution in [0.3, 0.4) is 0 Å². The fraction of sp³-hybridized carbons (Fsp3) is 0.375. The number of carbonyl (C=O) groups is 1. The Hall–Kier alpha value is -2.74. The maximum atomic E-state index is 11.9. The molecule has 0 saturated heterocycles. The lowest BCUT2D eigenvalue weighted by molar-refractivity contribution is -0.385. The van der Waals surface area contributed by atoms with Gasteiger partial charge in [0, 0.05) is 19.0 Å². The minimum atomic E-state index is -0.643. The summed E-state index contributed by atoms with van der Waals surface area (Å²) in [6, 6.07) is 9.06. The van der Waals surface area contributed by atoms with Crippen molar-refractivity contribution >= 4 is 11.6 Å². The first-order valence-corrected chi connectivity index (χ1v) is 7.65. The van der Waals surface area contributed by atoms with E-state index in [1.165, 1.54) is 10.9 Å². The number of amides is 1. The van der Waals surface area contributed by atoms with Gasteiger partial charge in [-0.15, -0.1) is 0 Å². The molecule has 8 nitrogen and oxygen atoms in total. The summed E-state index contributed by atoms with van der Waals surface area (Å²) in [6.45, 7) is 2.08. The fourth-order valence-corrected chi connectivity index (χ4v) is 2.34. The second-order valence-corrected chi connectivity index (χ2v) is 5.60. The van der Waals surface area contributed by atoms with Gasteiger partial charge < -0.3 is 10.4 Å². The first-order valence-electron chi connectivity index (χ1n) is 7.65. The maximum absolute atomic E-state index is 11.9. The van der Waals surface area contributed by atoms with Crippen molar-refractivity contribution in [3.8, 4) is 0 Å². The van der Waals surface area contributed by atoms with Crippen LogP contribution in [-0.4, -0.2) is 31.8 Å². The highest BCUT2D eigenvalue weighted by atomic mass is 16.6. The van der Waals surface area contributed by atoms with Crippen molar-refractivity contribution in [3.63, 3.8) is 0 Å². The standard InChI is InChI=1S/C16H20N4O4/c1-12(9-15(21)13-5-3-2-4-6-13)18-16(22)7-8-19-11-14(10-17-19)20(23)24/h2-6,10-12,15,21H,7-9H2,1H3,(H,18,22). The average Bonchev–Trinajstić information content (AvgIpc) is 3.03. The third-order valence-corrected chi connectivity index (χ3v) is 3.57. The van der Waals surface area contributed by atoms with Crippen molar-refractivity contribution in [2.45, 2.75) is 38.5 Å². The van der Waals surface area contributed by atoms with E-state index in [0.717, 1.165) is 11.8 Å². The molecule has 0 radical (unpaired) electrons. The summed E-state index contributed by atoms with van der Waals surface area (Å²) in [4.78, 5) is 22.0. The molecule has 1 aromatic carbocycles. The van der Waals surface area contributed by atoms with Gasteiger partial charge in [-0.25, -0.2) is 0 Å². The molecule has 2 unspecified atom stereocenters. The first-order chi connectivity index (χ1) is 11.5. The predicted molar refractivity (Wildman–Crippen MR) is 87.1 cm³/mol. The van der Waals surface area contributed by atoms with E-state index in [-0.39, 0.29) is 30.6 Å². The molecular formula is C16H20N4O4. The first kappa shape index (κ1) is 17.6. The van der Waals surface area contributed by atoms with E-state index in [9.17, 15) is 20.0 Å². The van der Waals surface area contributed by atoms with Crippen molar-refractivity contribution < 1.29 is 14.8 Å². The SMILES string of the molecule is CC(CC(O)c1ccccc1)NC(=O)CCn1cc([N+](=O)[O-])cn1. The zero-order chi connectivity index (χ0) is 17.5. The molecule has 0 spiro atoms. The molecule has 128 valence electrons. The summed E-state index contributed by atoms with van der Waals surface area (Å²) in [6.07, 6.45) is 2.36. The molecule has 0 saturated carbocycles. The fourth-order valence-electron chi connectivity index (χ4n) is 2.34. The number of carbonyl (C=O) groups excluding carboxylic acids is 1. The Morgan fingerprint density at radius 3 is 2.75 bits per heavy atom. The molecular weight excluding hydrogens is 312 g/mol. The number of benzene rings is 1. The number of aliphatic hydroxyl groups excluding tert-OH is 1. The topological polar surface area (TPSA) is 110 Å². The lowest BCUT2D eigenvalue weighted by atomic mass is 10.0. The molecule has 0 bridgehead atoms. The van der Waals surface area contributed by atoms with E-state index >= 15 is 0 Å². The normalized spacial score (nSPS) is 13.2. The monoisotopic (exact) mass is 332 g/mol. The van der Waals surface area contributed by atoms with Gasteiger partial charge in [0.15, 0.2) is 0 Å². The number of nitrogens with one attached hydrogen (secondary N) is 1. The van der Waals surface area contributed by atoms with Gasteiger partial charge in [-0.05, 0) is 18.9 Å². The Balaban J connectivity index is 1.76. The van der Waals surface area contributed by atoms with Gasteiger partial charge in [0.05, 0.1) is 11.0 Å². The largest absolute Gasteiger partial charge is 0.388 e. The van der Waals surface area contributed by atoms with Crippen LogP contribution >= 0.6 is 0 Å². The van der Waals surface area contributed by atoms with Crippen LogP contribution in [0.5, 0.6) is 0 Å². The molecule has 0 aliphatic rings. The van der Waals surface area contributed by atoms with Crippen molar-refractivity contribution in [1.82, 2.24) is 15.1 Å². The van der Waals surface area contributed by atoms with E-state index < -0.39 is 11.0 Å². The third-order valence-electron chi connectivity index (χ3n) is 3.57. The van der Waals surface area contributed by atoms with E-state index in [4.69, 9.17) is 0 Å².